The van der Waals surface area contributed by atoms with Gasteiger partial charge in [-0.2, -0.15) is 0 Å². The Balaban J connectivity index is 2.56. The Labute approximate surface area is 115 Å². The number of aliphatic imine (C=N–C) groups is 1. The smallest absolute Gasteiger partial charge is 0.208 e. The van der Waals surface area contributed by atoms with E-state index in [0.29, 0.717) is 6.61 Å². The second-order valence-corrected chi connectivity index (χ2v) is 4.81. The number of guanidine groups is 1. The summed E-state index contributed by atoms with van der Waals surface area (Å²) in [4.78, 5) is 8.95. The van der Waals surface area contributed by atoms with Gasteiger partial charge in [-0.15, -0.1) is 0 Å². The molecule has 1 aliphatic heterocycles. The molecule has 1 rings (SSSR count). The van der Waals surface area contributed by atoms with Gasteiger partial charge in [0.05, 0.1) is 19.3 Å². The number of hydrazine groups is 1. The zero-order valence-corrected chi connectivity index (χ0v) is 12.0. The summed E-state index contributed by atoms with van der Waals surface area (Å²) in [6, 6.07) is 0.0767. The summed E-state index contributed by atoms with van der Waals surface area (Å²) < 4.78 is 5.08. The van der Waals surface area contributed by atoms with Crippen molar-refractivity contribution >= 4 is 5.96 Å². The number of methoxy groups -OCH3 is 1. The highest BCUT2D eigenvalue weighted by Crippen LogP contribution is 2.04. The third kappa shape index (κ3) is 5.73. The Bertz CT molecular complexity index is 275. The lowest BCUT2D eigenvalue weighted by atomic mass is 10.4. The van der Waals surface area contributed by atoms with Crippen LogP contribution in [-0.2, 0) is 4.74 Å². The first-order valence-electron chi connectivity index (χ1n) is 6.82. The van der Waals surface area contributed by atoms with E-state index in [-0.39, 0.29) is 12.6 Å². The summed E-state index contributed by atoms with van der Waals surface area (Å²) >= 11 is 0. The first kappa shape index (κ1) is 16.2. The van der Waals surface area contributed by atoms with Gasteiger partial charge in [-0.1, -0.05) is 0 Å². The molecule has 0 aromatic rings. The minimum atomic E-state index is 0.0767. The Morgan fingerprint density at radius 1 is 1.42 bits per heavy atom. The Morgan fingerprint density at radius 2 is 2.21 bits per heavy atom. The average Bonchev–Trinajstić information content (AvgIpc) is 2.62. The largest absolute Gasteiger partial charge is 0.395 e. The third-order valence-corrected chi connectivity index (χ3v) is 3.18. The first-order chi connectivity index (χ1) is 9.21. The first-order valence-corrected chi connectivity index (χ1v) is 6.82. The van der Waals surface area contributed by atoms with Crippen LogP contribution in [0.2, 0.25) is 0 Å². The van der Waals surface area contributed by atoms with E-state index >= 15 is 0 Å². The van der Waals surface area contributed by atoms with Gasteiger partial charge in [0, 0.05) is 33.3 Å². The number of nitrogens with zero attached hydrogens (tertiary/aromatic N) is 3. The zero-order valence-electron chi connectivity index (χ0n) is 12.0. The molecular weight excluding hydrogens is 246 g/mol. The van der Waals surface area contributed by atoms with Crippen LogP contribution in [-0.4, -0.2) is 80.0 Å². The molecule has 0 spiro atoms. The SMILES string of the molecule is COCC(C)N=C(NN)N1CCCN(CCO)CC1. The minimum absolute atomic E-state index is 0.0767. The summed E-state index contributed by atoms with van der Waals surface area (Å²) in [5.74, 6) is 6.29. The van der Waals surface area contributed by atoms with Gasteiger partial charge in [0.15, 0.2) is 0 Å². The van der Waals surface area contributed by atoms with Crippen LogP contribution in [0.5, 0.6) is 0 Å². The van der Waals surface area contributed by atoms with Crippen molar-refractivity contribution in [3.63, 3.8) is 0 Å². The molecule has 4 N–H and O–H groups in total. The quantitative estimate of drug-likeness (QED) is 0.254. The molecule has 0 radical (unpaired) electrons. The van der Waals surface area contributed by atoms with Crippen LogP contribution >= 0.6 is 0 Å². The van der Waals surface area contributed by atoms with Crippen LogP contribution in [0.3, 0.4) is 0 Å². The number of ether oxygens (including phenoxy) is 1. The van der Waals surface area contributed by atoms with Crippen LogP contribution in [0.1, 0.15) is 13.3 Å². The van der Waals surface area contributed by atoms with Crippen molar-refractivity contribution in [1.82, 2.24) is 15.2 Å². The van der Waals surface area contributed by atoms with Gasteiger partial charge >= 0.3 is 0 Å². The van der Waals surface area contributed by atoms with E-state index in [4.69, 9.17) is 15.7 Å². The van der Waals surface area contributed by atoms with Gasteiger partial charge in [0.25, 0.3) is 0 Å². The highest BCUT2D eigenvalue weighted by molar-refractivity contribution is 5.79. The van der Waals surface area contributed by atoms with Gasteiger partial charge in [-0.25, -0.2) is 10.8 Å². The van der Waals surface area contributed by atoms with E-state index in [2.05, 4.69) is 20.2 Å². The molecule has 0 aromatic heterocycles. The number of aliphatic hydroxyl groups excluding tert-OH is 1. The molecule has 0 aliphatic carbocycles. The van der Waals surface area contributed by atoms with Gasteiger partial charge in [0.2, 0.25) is 5.96 Å². The fourth-order valence-electron chi connectivity index (χ4n) is 2.25. The molecule has 19 heavy (non-hydrogen) atoms. The molecule has 1 fully saturated rings. The highest BCUT2D eigenvalue weighted by Gasteiger charge is 2.17. The van der Waals surface area contributed by atoms with Gasteiger partial charge in [-0.3, -0.25) is 10.3 Å². The lowest BCUT2D eigenvalue weighted by Gasteiger charge is -2.25. The molecule has 1 atom stereocenters. The number of hydrogen-bond donors (Lipinski definition) is 3. The number of nitrogens with two attached hydrogens (primary N) is 1. The van der Waals surface area contributed by atoms with Crippen molar-refractivity contribution in [1.29, 1.82) is 0 Å². The predicted octanol–water partition coefficient (Wildman–Crippen LogP) is -1.16. The Kier molecular flexibility index (Phi) is 7.73. The van der Waals surface area contributed by atoms with Crippen LogP contribution in [0.4, 0.5) is 0 Å². The molecule has 112 valence electrons. The maximum absolute atomic E-state index is 8.98. The van der Waals surface area contributed by atoms with Crippen molar-refractivity contribution in [2.45, 2.75) is 19.4 Å². The van der Waals surface area contributed by atoms with Crippen molar-refractivity contribution in [3.8, 4) is 0 Å². The standard InChI is InChI=1S/C12H27N5O2/c1-11(10-19-2)14-12(15-13)17-5-3-4-16(6-7-17)8-9-18/h11,18H,3-10,13H2,1-2H3,(H,14,15). The molecule has 0 aromatic carbocycles. The molecule has 1 unspecified atom stereocenters. The number of β-amino-alcohol motifs (C(OH)–C–C–N with tert-alkyl or cyclic N) is 1. The van der Waals surface area contributed by atoms with E-state index in [1.54, 1.807) is 7.11 Å². The number of aliphatic hydroxyl groups is 1. The fourth-order valence-corrected chi connectivity index (χ4v) is 2.25. The minimum Gasteiger partial charge on any atom is -0.395 e. The Morgan fingerprint density at radius 3 is 2.84 bits per heavy atom. The fraction of sp³-hybridized carbons (Fsp3) is 0.917. The lowest BCUT2D eigenvalue weighted by molar-refractivity contribution is 0.185. The normalized spacial score (nSPS) is 20.2. The zero-order chi connectivity index (χ0) is 14.1. The maximum atomic E-state index is 8.98. The average molecular weight is 273 g/mol. The van der Waals surface area contributed by atoms with E-state index < -0.39 is 0 Å². The number of rotatable bonds is 5. The van der Waals surface area contributed by atoms with Crippen molar-refractivity contribution < 1.29 is 9.84 Å². The topological polar surface area (TPSA) is 86.4 Å². The number of nitrogens with one attached hydrogen (secondary N) is 1. The predicted molar refractivity (Wildman–Crippen MR) is 75.8 cm³/mol. The van der Waals surface area contributed by atoms with Crippen LogP contribution in [0.25, 0.3) is 0 Å². The van der Waals surface area contributed by atoms with Gasteiger partial charge in [-0.05, 0) is 19.9 Å². The van der Waals surface area contributed by atoms with Crippen LogP contribution in [0, 0.1) is 0 Å². The number of hydrogen-bond acceptors (Lipinski definition) is 5. The Hall–Kier alpha value is -0.890. The summed E-state index contributed by atoms with van der Waals surface area (Å²) in [5, 5.41) is 8.98. The van der Waals surface area contributed by atoms with Gasteiger partial charge < -0.3 is 14.7 Å². The lowest BCUT2D eigenvalue weighted by Crippen LogP contribution is -2.47. The third-order valence-electron chi connectivity index (χ3n) is 3.18. The van der Waals surface area contributed by atoms with Crippen molar-refractivity contribution in [3.05, 3.63) is 0 Å². The van der Waals surface area contributed by atoms with Crippen molar-refractivity contribution in [2.24, 2.45) is 10.8 Å². The summed E-state index contributed by atoms with van der Waals surface area (Å²) in [6.07, 6.45) is 1.04. The second kappa shape index (κ2) is 9.08. The van der Waals surface area contributed by atoms with E-state index in [0.717, 1.165) is 45.1 Å². The van der Waals surface area contributed by atoms with Crippen LogP contribution < -0.4 is 11.3 Å². The monoisotopic (exact) mass is 273 g/mol. The molecule has 7 heteroatoms. The summed E-state index contributed by atoms with van der Waals surface area (Å²) in [5.41, 5.74) is 2.69. The molecule has 0 saturated carbocycles. The molecule has 0 bridgehead atoms. The molecule has 7 nitrogen and oxygen atoms in total. The maximum Gasteiger partial charge on any atom is 0.208 e. The second-order valence-electron chi connectivity index (χ2n) is 4.81. The van der Waals surface area contributed by atoms with Gasteiger partial charge in [0.1, 0.15) is 0 Å². The van der Waals surface area contributed by atoms with E-state index in [1.165, 1.54) is 0 Å². The molecule has 1 aliphatic rings. The van der Waals surface area contributed by atoms with Crippen LogP contribution in [0.15, 0.2) is 4.99 Å². The van der Waals surface area contributed by atoms with E-state index in [1.807, 2.05) is 6.92 Å². The molecule has 0 amide bonds. The highest BCUT2D eigenvalue weighted by atomic mass is 16.5. The summed E-state index contributed by atoms with van der Waals surface area (Å²) in [7, 11) is 1.67. The summed E-state index contributed by atoms with van der Waals surface area (Å²) in [6.45, 7) is 7.22. The van der Waals surface area contributed by atoms with E-state index in [9.17, 15) is 0 Å². The molecular formula is C12H27N5O2. The molecule has 1 saturated heterocycles. The molecule has 1 heterocycles. The van der Waals surface area contributed by atoms with Crippen molar-refractivity contribution in [2.75, 3.05) is 53.0 Å².